The predicted octanol–water partition coefficient (Wildman–Crippen LogP) is 2.29. The molecular formula is C17H27N3O. The van der Waals surface area contributed by atoms with Crippen LogP contribution < -0.4 is 10.6 Å². The maximum absolute atomic E-state index is 12.5. The number of hydrogen-bond acceptors (Lipinski definition) is 3. The van der Waals surface area contributed by atoms with Gasteiger partial charge in [0.25, 0.3) is 0 Å². The second kappa shape index (κ2) is 6.48. The number of carbonyl (C=O) groups is 1. The fraction of sp³-hybridized carbons (Fsp3) is 0.588. The average molecular weight is 289 g/mol. The van der Waals surface area contributed by atoms with Gasteiger partial charge >= 0.3 is 0 Å². The van der Waals surface area contributed by atoms with Crippen molar-refractivity contribution in [3.8, 4) is 0 Å². The quantitative estimate of drug-likeness (QED) is 0.874. The van der Waals surface area contributed by atoms with Gasteiger partial charge in [-0.1, -0.05) is 32.0 Å². The van der Waals surface area contributed by atoms with Crippen LogP contribution in [0.1, 0.15) is 31.7 Å². The zero-order valence-corrected chi connectivity index (χ0v) is 13.6. The van der Waals surface area contributed by atoms with Gasteiger partial charge in [-0.15, -0.1) is 0 Å². The summed E-state index contributed by atoms with van der Waals surface area (Å²) in [5.41, 5.74) is 2.29. The monoisotopic (exact) mass is 289 g/mol. The van der Waals surface area contributed by atoms with E-state index in [1.165, 1.54) is 0 Å². The fourth-order valence-corrected chi connectivity index (χ4v) is 3.10. The van der Waals surface area contributed by atoms with Gasteiger partial charge in [0.2, 0.25) is 5.91 Å². The fourth-order valence-electron chi connectivity index (χ4n) is 3.10. The molecule has 0 aromatic heterocycles. The Morgan fingerprint density at radius 3 is 2.81 bits per heavy atom. The number of benzene rings is 1. The molecule has 21 heavy (non-hydrogen) atoms. The molecule has 1 aliphatic heterocycles. The highest BCUT2D eigenvalue weighted by molar-refractivity contribution is 5.86. The molecule has 0 saturated heterocycles. The second-order valence-corrected chi connectivity index (χ2v) is 6.98. The third-order valence-electron chi connectivity index (χ3n) is 3.89. The van der Waals surface area contributed by atoms with Gasteiger partial charge in [0, 0.05) is 25.3 Å². The molecule has 1 atom stereocenters. The molecule has 0 saturated carbocycles. The van der Waals surface area contributed by atoms with E-state index in [2.05, 4.69) is 49.5 Å². The van der Waals surface area contributed by atoms with Crippen LogP contribution in [0.25, 0.3) is 0 Å². The molecule has 0 radical (unpaired) electrons. The number of amides is 1. The Hall–Kier alpha value is -1.55. The van der Waals surface area contributed by atoms with Crippen LogP contribution in [-0.2, 0) is 4.79 Å². The van der Waals surface area contributed by atoms with Crippen LogP contribution >= 0.6 is 0 Å². The highest BCUT2D eigenvalue weighted by atomic mass is 16.1. The van der Waals surface area contributed by atoms with Crippen LogP contribution in [0, 0.1) is 5.41 Å². The van der Waals surface area contributed by atoms with Crippen molar-refractivity contribution in [2.45, 2.75) is 26.2 Å². The van der Waals surface area contributed by atoms with Crippen LogP contribution in [-0.4, -0.2) is 44.5 Å². The lowest BCUT2D eigenvalue weighted by atomic mass is 9.89. The second-order valence-electron chi connectivity index (χ2n) is 6.98. The lowest BCUT2D eigenvalue weighted by Gasteiger charge is -2.30. The molecule has 1 amide bonds. The summed E-state index contributed by atoms with van der Waals surface area (Å²) in [6.07, 6.45) is 0.858. The molecule has 1 aromatic carbocycles. The third kappa shape index (κ3) is 4.21. The molecule has 0 fully saturated rings. The van der Waals surface area contributed by atoms with Gasteiger partial charge in [0.15, 0.2) is 0 Å². The van der Waals surface area contributed by atoms with E-state index in [-0.39, 0.29) is 17.2 Å². The molecule has 0 aliphatic carbocycles. The van der Waals surface area contributed by atoms with Crippen molar-refractivity contribution in [2.75, 3.05) is 39.0 Å². The number of para-hydroxylation sites is 1. The summed E-state index contributed by atoms with van der Waals surface area (Å²) < 4.78 is 0. The van der Waals surface area contributed by atoms with E-state index in [9.17, 15) is 4.79 Å². The zero-order valence-electron chi connectivity index (χ0n) is 13.6. The maximum atomic E-state index is 12.5. The van der Waals surface area contributed by atoms with Gasteiger partial charge in [0.1, 0.15) is 0 Å². The Balaban J connectivity index is 1.99. The van der Waals surface area contributed by atoms with Gasteiger partial charge in [-0.3, -0.25) is 4.79 Å². The number of anilines is 1. The minimum absolute atomic E-state index is 0.0300. The van der Waals surface area contributed by atoms with Gasteiger partial charge in [-0.2, -0.15) is 0 Å². The molecule has 4 heteroatoms. The van der Waals surface area contributed by atoms with E-state index < -0.39 is 0 Å². The van der Waals surface area contributed by atoms with Crippen LogP contribution in [0.15, 0.2) is 24.3 Å². The van der Waals surface area contributed by atoms with E-state index >= 15 is 0 Å². The standard InChI is InChI=1S/C17H27N3O/c1-17(2,12-20(3)4)11-19-16(21)14-9-10-18-15-8-6-5-7-13(14)15/h5-8,14,18H,9-12H2,1-4H3,(H,19,21). The van der Waals surface area contributed by atoms with Crippen LogP contribution in [0.3, 0.4) is 0 Å². The van der Waals surface area contributed by atoms with Crippen molar-refractivity contribution in [3.63, 3.8) is 0 Å². The first-order chi connectivity index (χ1) is 9.89. The summed E-state index contributed by atoms with van der Waals surface area (Å²) in [7, 11) is 4.12. The van der Waals surface area contributed by atoms with Crippen LogP contribution in [0.5, 0.6) is 0 Å². The number of rotatable bonds is 5. The van der Waals surface area contributed by atoms with Crippen molar-refractivity contribution < 1.29 is 4.79 Å². The van der Waals surface area contributed by atoms with Crippen molar-refractivity contribution in [1.82, 2.24) is 10.2 Å². The van der Waals surface area contributed by atoms with Crippen molar-refractivity contribution in [2.24, 2.45) is 5.41 Å². The summed E-state index contributed by atoms with van der Waals surface area (Å²) in [5, 5.41) is 6.50. The van der Waals surface area contributed by atoms with Crippen molar-refractivity contribution >= 4 is 11.6 Å². The molecule has 1 aromatic rings. The minimum Gasteiger partial charge on any atom is -0.385 e. The summed E-state index contributed by atoms with van der Waals surface area (Å²) in [6.45, 7) is 6.88. The number of fused-ring (bicyclic) bond motifs is 1. The molecule has 116 valence electrons. The van der Waals surface area contributed by atoms with Gasteiger partial charge in [-0.25, -0.2) is 0 Å². The van der Waals surface area contributed by atoms with Crippen molar-refractivity contribution in [3.05, 3.63) is 29.8 Å². The molecule has 2 rings (SSSR count). The Labute approximate surface area is 127 Å². The Bertz CT molecular complexity index is 497. The number of nitrogens with one attached hydrogen (secondary N) is 2. The molecule has 0 bridgehead atoms. The molecule has 2 N–H and O–H groups in total. The first kappa shape index (κ1) is 15.8. The van der Waals surface area contributed by atoms with Gasteiger partial charge in [-0.05, 0) is 37.6 Å². The molecule has 1 aliphatic rings. The van der Waals surface area contributed by atoms with Gasteiger partial charge < -0.3 is 15.5 Å². The predicted molar refractivity (Wildman–Crippen MR) is 87.6 cm³/mol. The normalized spacial score (nSPS) is 18.0. The molecule has 4 nitrogen and oxygen atoms in total. The average Bonchev–Trinajstić information content (AvgIpc) is 2.43. The van der Waals surface area contributed by atoms with E-state index in [4.69, 9.17) is 0 Å². The number of nitrogens with zero attached hydrogens (tertiary/aromatic N) is 1. The van der Waals surface area contributed by atoms with E-state index in [1.54, 1.807) is 0 Å². The zero-order chi connectivity index (χ0) is 15.5. The molecule has 0 spiro atoms. The molecule has 1 unspecified atom stereocenters. The maximum Gasteiger partial charge on any atom is 0.227 e. The largest absolute Gasteiger partial charge is 0.385 e. The first-order valence-corrected chi connectivity index (χ1v) is 7.64. The summed E-state index contributed by atoms with van der Waals surface area (Å²) in [6, 6.07) is 8.11. The summed E-state index contributed by atoms with van der Waals surface area (Å²) in [4.78, 5) is 14.7. The Morgan fingerprint density at radius 2 is 2.10 bits per heavy atom. The minimum atomic E-state index is -0.0300. The molecular weight excluding hydrogens is 262 g/mol. The van der Waals surface area contributed by atoms with E-state index in [0.29, 0.717) is 6.54 Å². The summed E-state index contributed by atoms with van der Waals surface area (Å²) in [5.74, 6) is 0.119. The molecule has 1 heterocycles. The number of hydrogen-bond donors (Lipinski definition) is 2. The van der Waals surface area contributed by atoms with Crippen LogP contribution in [0.4, 0.5) is 5.69 Å². The lowest BCUT2D eigenvalue weighted by Crippen LogP contribution is -2.42. The van der Waals surface area contributed by atoms with Crippen molar-refractivity contribution in [1.29, 1.82) is 0 Å². The Morgan fingerprint density at radius 1 is 1.38 bits per heavy atom. The third-order valence-corrected chi connectivity index (χ3v) is 3.89. The Kier molecular flexibility index (Phi) is 4.88. The van der Waals surface area contributed by atoms with Gasteiger partial charge in [0.05, 0.1) is 5.92 Å². The topological polar surface area (TPSA) is 44.4 Å². The van der Waals surface area contributed by atoms with E-state index in [0.717, 1.165) is 30.8 Å². The first-order valence-electron chi connectivity index (χ1n) is 7.64. The summed E-state index contributed by atoms with van der Waals surface area (Å²) >= 11 is 0. The smallest absolute Gasteiger partial charge is 0.227 e. The number of carbonyl (C=O) groups excluding carboxylic acids is 1. The van der Waals surface area contributed by atoms with Crippen LogP contribution in [0.2, 0.25) is 0 Å². The highest BCUT2D eigenvalue weighted by Gasteiger charge is 2.27. The highest BCUT2D eigenvalue weighted by Crippen LogP contribution is 2.31. The van der Waals surface area contributed by atoms with E-state index in [1.807, 2.05) is 18.2 Å². The SMILES string of the molecule is CN(C)CC(C)(C)CNC(=O)C1CCNc2ccccc21. The lowest BCUT2D eigenvalue weighted by molar-refractivity contribution is -0.123.